The van der Waals surface area contributed by atoms with Crippen molar-refractivity contribution in [1.29, 1.82) is 0 Å². The van der Waals surface area contributed by atoms with E-state index in [1.807, 2.05) is 90.9 Å². The molecule has 0 aromatic heterocycles. The van der Waals surface area contributed by atoms with Crippen LogP contribution in [-0.4, -0.2) is 158 Å². The van der Waals surface area contributed by atoms with Crippen molar-refractivity contribution < 1.29 is 84.5 Å². The number of amides is 3. The summed E-state index contributed by atoms with van der Waals surface area (Å²) in [6.07, 6.45) is -3.44. The fourth-order valence-corrected chi connectivity index (χ4v) is 13.0. The molecule has 24 heteroatoms. The van der Waals surface area contributed by atoms with Gasteiger partial charge in [0.25, 0.3) is 17.7 Å². The molecule has 3 amide bonds. The largest absolute Gasteiger partial charge is 0.501 e. The van der Waals surface area contributed by atoms with Crippen LogP contribution in [0.2, 0.25) is 0 Å². The molecule has 7 aromatic rings. The van der Waals surface area contributed by atoms with Gasteiger partial charge in [0.1, 0.15) is 56.5 Å². The van der Waals surface area contributed by atoms with Gasteiger partial charge >= 0.3 is 10.4 Å². The van der Waals surface area contributed by atoms with E-state index in [1.54, 1.807) is 36.4 Å². The number of fused-ring (bicyclic) bond motifs is 6. The molecule has 7 atom stereocenters. The lowest BCUT2D eigenvalue weighted by molar-refractivity contribution is -0.916. The smallest absolute Gasteiger partial charge is 0.493 e. The summed E-state index contributed by atoms with van der Waals surface area (Å²) in [5.74, 6) is -0.436. The molecule has 0 radical (unpaired) electrons. The molecule has 5 N–H and O–H groups in total. The van der Waals surface area contributed by atoms with E-state index in [2.05, 4.69) is 17.4 Å². The van der Waals surface area contributed by atoms with E-state index < -0.39 is 59.4 Å². The zero-order valence-corrected chi connectivity index (χ0v) is 51.8. The number of nitrogens with zero attached hydrogens (tertiary/aromatic N) is 5. The fourth-order valence-electron chi connectivity index (χ4n) is 12.3. The van der Waals surface area contributed by atoms with Crippen LogP contribution in [0, 0.1) is 0 Å². The highest BCUT2D eigenvalue weighted by Gasteiger charge is 2.45. The third kappa shape index (κ3) is 13.3. The summed E-state index contributed by atoms with van der Waals surface area (Å²) in [5, 5.41) is 43.4. The highest BCUT2D eigenvalue weighted by atomic mass is 32.3. The van der Waals surface area contributed by atoms with Crippen LogP contribution in [0.3, 0.4) is 0 Å². The van der Waals surface area contributed by atoms with E-state index in [9.17, 15) is 43.2 Å². The molecule has 92 heavy (non-hydrogen) atoms. The fraction of sp³-hybridized carbons (Fsp3) is 0.309. The Kier molecular flexibility index (Phi) is 17.8. The summed E-state index contributed by atoms with van der Waals surface area (Å²) in [7, 11) is 3.54. The molecule has 0 spiro atoms. The maximum absolute atomic E-state index is 14.2. The van der Waals surface area contributed by atoms with Gasteiger partial charge in [-0.05, 0) is 119 Å². The van der Waals surface area contributed by atoms with Crippen molar-refractivity contribution in [2.24, 2.45) is 9.98 Å². The molecule has 1 fully saturated rings. The zero-order valence-electron chi connectivity index (χ0n) is 51.0. The highest BCUT2D eigenvalue weighted by Crippen LogP contribution is 2.42. The molecule has 0 saturated carbocycles. The highest BCUT2D eigenvalue weighted by molar-refractivity contribution is 7.82. The predicted molar refractivity (Wildman–Crippen MR) is 335 cm³/mol. The normalized spacial score (nSPS) is 20.6. The Morgan fingerprint density at radius 2 is 1.13 bits per heavy atom. The Hall–Kier alpha value is -9.40. The summed E-state index contributed by atoms with van der Waals surface area (Å²) in [6, 6.07) is 38.5. The van der Waals surface area contributed by atoms with Crippen LogP contribution in [-0.2, 0) is 67.4 Å². The van der Waals surface area contributed by atoms with E-state index >= 15 is 0 Å². The second kappa shape index (κ2) is 26.1. The molecule has 5 heterocycles. The summed E-state index contributed by atoms with van der Waals surface area (Å²) in [5.41, 5.74) is 9.54. The standard InChI is InChI=1S/C68H68N6O17S/c1-69-65(79)45-16-19-55(88-68-64(78)63(77)62(76)61(36-75)89-68)60(25-45)91-92(82,83)90-50-17-14-39(15-18-50)34-74(2,3)35-40-20-41(37-86-58-28-53-51(26-56(58)84-4)66(80)72-32-46-12-8-6-10-43(46)23-48(72)30-70-53)22-42(21-40)38-87-59-29-54-52(27-57(59)85-5)67(81)73-33-47-13-9-7-11-44(47)24-49(73)31-71-54/h6-22,25-31,48-49,61-64,68,75-78H,23-24,32-38H2,1-5H3/p+1/t48?,49?,61-,62+,63+,64-,68-/m1/s1. The van der Waals surface area contributed by atoms with Crippen LogP contribution in [0.1, 0.15) is 75.6 Å². The van der Waals surface area contributed by atoms with Crippen molar-refractivity contribution in [2.45, 2.75) is 95.0 Å². The molecule has 2 unspecified atom stereocenters. The minimum Gasteiger partial charge on any atom is -0.493 e. The Balaban J connectivity index is 0.778. The van der Waals surface area contributed by atoms with Crippen molar-refractivity contribution >= 4 is 51.9 Å². The number of ether oxygens (including phenoxy) is 6. The number of aliphatic hydroxyl groups excluding tert-OH is 4. The Morgan fingerprint density at radius 1 is 0.609 bits per heavy atom. The summed E-state index contributed by atoms with van der Waals surface area (Å²) < 4.78 is 74.3. The lowest BCUT2D eigenvalue weighted by Crippen LogP contribution is -2.60. The summed E-state index contributed by atoms with van der Waals surface area (Å²) in [4.78, 5) is 54.4. The molecular formula is C68H69N6O17S+. The third-order valence-electron chi connectivity index (χ3n) is 16.9. The molecule has 478 valence electrons. The lowest BCUT2D eigenvalue weighted by Gasteiger charge is -2.39. The maximum Gasteiger partial charge on any atom is 0.501 e. The first-order valence-corrected chi connectivity index (χ1v) is 31.1. The van der Waals surface area contributed by atoms with Gasteiger partial charge < -0.3 is 76.8 Å². The molecule has 1 saturated heterocycles. The first-order valence-electron chi connectivity index (χ1n) is 29.8. The second-order valence-electron chi connectivity index (χ2n) is 23.8. The maximum atomic E-state index is 14.2. The van der Waals surface area contributed by atoms with Crippen molar-refractivity contribution in [3.8, 4) is 40.2 Å². The number of hydrogen-bond donors (Lipinski definition) is 5. The van der Waals surface area contributed by atoms with Gasteiger partial charge in [0.15, 0.2) is 34.5 Å². The number of quaternary nitrogens is 1. The van der Waals surface area contributed by atoms with E-state index in [4.69, 9.17) is 46.8 Å². The van der Waals surface area contributed by atoms with Gasteiger partial charge in [0, 0.05) is 61.4 Å². The molecular weight excluding hydrogens is 1200 g/mol. The first-order chi connectivity index (χ1) is 44.3. The summed E-state index contributed by atoms with van der Waals surface area (Å²) >= 11 is 0. The van der Waals surface area contributed by atoms with Crippen LogP contribution >= 0.6 is 0 Å². The van der Waals surface area contributed by atoms with Gasteiger partial charge in [0.05, 0.1) is 69.5 Å². The SMILES string of the molecule is CNC(=O)c1ccc(O[C@@H]2O[C@H](CO)[C@H](O)[C@H](O)[C@H]2O)c(OS(=O)(=O)Oc2ccc(C[N+](C)(C)Cc3cc(COc4cc5c(cc4OC)C(=O)N4Cc6ccccc6CC4C=N5)cc(COc4cc5c(cc4OC)C(=O)N4Cc6ccccc6CC4C=N5)c3)cc2)c1. The lowest BCUT2D eigenvalue weighted by atomic mass is 9.94. The number of carbonyl (C=O) groups excluding carboxylic acids is 3. The van der Waals surface area contributed by atoms with Crippen LogP contribution in [0.4, 0.5) is 11.4 Å². The Bertz CT molecular complexity index is 4000. The topological polar surface area (TPSA) is 283 Å². The van der Waals surface area contributed by atoms with Gasteiger partial charge in [-0.2, -0.15) is 0 Å². The van der Waals surface area contributed by atoms with Crippen LogP contribution < -0.4 is 37.4 Å². The average Bonchev–Trinajstić information content (AvgIpc) is 1.56. The van der Waals surface area contributed by atoms with E-state index in [1.165, 1.54) is 56.7 Å². The van der Waals surface area contributed by atoms with Crippen molar-refractivity contribution in [3.63, 3.8) is 0 Å². The number of methoxy groups -OCH3 is 2. The average molecular weight is 1270 g/mol. The molecule has 5 aliphatic rings. The molecule has 12 rings (SSSR count). The predicted octanol–water partition coefficient (Wildman–Crippen LogP) is 6.45. The summed E-state index contributed by atoms with van der Waals surface area (Å²) in [6.45, 7) is 1.24. The molecule has 0 aliphatic carbocycles. The first kappa shape index (κ1) is 62.8. The van der Waals surface area contributed by atoms with E-state index in [0.29, 0.717) is 89.0 Å². The number of aliphatic hydroxyl groups is 4. The minimum atomic E-state index is -4.97. The monoisotopic (exact) mass is 1270 g/mol. The van der Waals surface area contributed by atoms with Crippen molar-refractivity contribution in [3.05, 3.63) is 195 Å². The molecule has 23 nitrogen and oxygen atoms in total. The minimum absolute atomic E-state index is 0.0348. The molecule has 5 aliphatic heterocycles. The van der Waals surface area contributed by atoms with Crippen LogP contribution in [0.25, 0.3) is 0 Å². The van der Waals surface area contributed by atoms with Gasteiger partial charge in [-0.15, -0.1) is 8.42 Å². The second-order valence-corrected chi connectivity index (χ2v) is 25.0. The quantitative estimate of drug-likeness (QED) is 0.0513. The van der Waals surface area contributed by atoms with Crippen molar-refractivity contribution in [1.82, 2.24) is 15.1 Å². The van der Waals surface area contributed by atoms with Crippen LogP contribution in [0.5, 0.6) is 40.2 Å². The Labute approximate surface area is 531 Å². The zero-order chi connectivity index (χ0) is 64.6. The number of rotatable bonds is 20. The third-order valence-corrected chi connectivity index (χ3v) is 17.6. The van der Waals surface area contributed by atoms with Gasteiger partial charge in [-0.1, -0.05) is 48.5 Å². The Morgan fingerprint density at radius 3 is 1.65 bits per heavy atom. The van der Waals surface area contributed by atoms with Crippen molar-refractivity contribution in [2.75, 3.05) is 42.0 Å². The van der Waals surface area contributed by atoms with Gasteiger partial charge in [-0.25, -0.2) is 0 Å². The molecule has 0 bridgehead atoms. The number of nitrogens with one attached hydrogen (secondary N) is 1. The van der Waals surface area contributed by atoms with Crippen LogP contribution in [0.15, 0.2) is 143 Å². The number of hydrogen-bond acceptors (Lipinski definition) is 19. The van der Waals surface area contributed by atoms with E-state index in [0.717, 1.165) is 39.4 Å². The van der Waals surface area contributed by atoms with Gasteiger partial charge in [0.2, 0.25) is 6.29 Å². The number of aliphatic imine (C=N–C) groups is 2. The number of benzene rings is 7. The van der Waals surface area contributed by atoms with Gasteiger partial charge in [-0.3, -0.25) is 24.4 Å². The number of carbonyl (C=O) groups is 3. The molecule has 7 aromatic carbocycles. The van der Waals surface area contributed by atoms with E-state index in [-0.39, 0.29) is 54.2 Å².